The van der Waals surface area contributed by atoms with Crippen molar-refractivity contribution in [2.45, 2.75) is 26.4 Å². The van der Waals surface area contributed by atoms with Crippen molar-refractivity contribution in [3.05, 3.63) is 35.4 Å². The van der Waals surface area contributed by atoms with Gasteiger partial charge in [-0.05, 0) is 32.9 Å². The molecule has 3 rings (SSSR count). The molecule has 0 spiro atoms. The molecule has 28 heavy (non-hydrogen) atoms. The van der Waals surface area contributed by atoms with Crippen LogP contribution in [-0.4, -0.2) is 77.1 Å². The Kier molecular flexibility index (Phi) is 5.37. The molecule has 2 aliphatic rings. The number of rotatable bonds is 3. The highest BCUT2D eigenvalue weighted by Gasteiger charge is 2.39. The van der Waals surface area contributed by atoms with E-state index in [4.69, 9.17) is 9.57 Å². The van der Waals surface area contributed by atoms with Crippen molar-refractivity contribution >= 4 is 23.9 Å². The average Bonchev–Trinajstić information content (AvgIpc) is 2.86. The summed E-state index contributed by atoms with van der Waals surface area (Å²) in [5, 5.41) is 0.504. The normalized spacial score (nSPS) is 17.5. The number of hydrogen-bond acceptors (Lipinski definition) is 7. The first-order chi connectivity index (χ1) is 13.2. The first-order valence-electron chi connectivity index (χ1n) is 9.04. The Balaban J connectivity index is 1.49. The van der Waals surface area contributed by atoms with Crippen LogP contribution in [0.2, 0.25) is 0 Å². The summed E-state index contributed by atoms with van der Waals surface area (Å²) in [5.41, 5.74) is -0.137. The van der Waals surface area contributed by atoms with Crippen molar-refractivity contribution in [3.63, 3.8) is 0 Å². The number of hydroxylamine groups is 2. The molecule has 0 unspecified atom stereocenters. The predicted molar refractivity (Wildman–Crippen MR) is 97.3 cm³/mol. The summed E-state index contributed by atoms with van der Waals surface area (Å²) in [7, 11) is 0. The summed E-state index contributed by atoms with van der Waals surface area (Å²) in [4.78, 5) is 57.1. The van der Waals surface area contributed by atoms with Gasteiger partial charge < -0.3 is 14.5 Å². The molecule has 9 nitrogen and oxygen atoms in total. The van der Waals surface area contributed by atoms with Gasteiger partial charge >= 0.3 is 12.1 Å². The maximum Gasteiger partial charge on any atom is 0.410 e. The number of benzene rings is 1. The van der Waals surface area contributed by atoms with Gasteiger partial charge in [0.1, 0.15) is 5.60 Å². The Bertz CT molecular complexity index is 773. The van der Waals surface area contributed by atoms with E-state index in [2.05, 4.69) is 0 Å². The monoisotopic (exact) mass is 389 g/mol. The summed E-state index contributed by atoms with van der Waals surface area (Å²) < 4.78 is 5.33. The van der Waals surface area contributed by atoms with Gasteiger partial charge in [-0.2, -0.15) is 0 Å². The molecule has 150 valence electrons. The van der Waals surface area contributed by atoms with Crippen LogP contribution in [0, 0.1) is 0 Å². The third-order valence-corrected chi connectivity index (χ3v) is 4.33. The van der Waals surface area contributed by atoms with Crippen molar-refractivity contribution in [1.29, 1.82) is 0 Å². The van der Waals surface area contributed by atoms with Crippen molar-refractivity contribution < 1.29 is 28.8 Å². The van der Waals surface area contributed by atoms with Crippen LogP contribution in [0.5, 0.6) is 0 Å². The second kappa shape index (κ2) is 7.59. The second-order valence-electron chi connectivity index (χ2n) is 7.66. The first kappa shape index (κ1) is 19.8. The molecule has 1 aromatic rings. The van der Waals surface area contributed by atoms with Crippen molar-refractivity contribution in [2.75, 3.05) is 32.7 Å². The van der Waals surface area contributed by atoms with Gasteiger partial charge in [0, 0.05) is 26.2 Å². The zero-order valence-electron chi connectivity index (χ0n) is 16.1. The van der Waals surface area contributed by atoms with Gasteiger partial charge in [-0.15, -0.1) is 0 Å². The molecule has 3 amide bonds. The molecule has 1 aromatic carbocycles. The minimum atomic E-state index is -0.708. The standard InChI is InChI=1S/C19H23N3O6/c1-19(2,3)27-18(26)21-10-8-20(9-11-21)12-15(23)28-22-16(24)13-6-4-5-7-14(13)17(22)25/h4-7H,8-12H2,1-3H3. The number of imide groups is 1. The van der Waals surface area contributed by atoms with Crippen molar-refractivity contribution in [2.24, 2.45) is 0 Å². The number of ether oxygens (including phenoxy) is 1. The number of nitrogens with zero attached hydrogens (tertiary/aromatic N) is 3. The third kappa shape index (κ3) is 4.30. The lowest BCUT2D eigenvalue weighted by Gasteiger charge is -2.35. The molecule has 1 saturated heterocycles. The van der Waals surface area contributed by atoms with Gasteiger partial charge in [0.2, 0.25) is 0 Å². The summed E-state index contributed by atoms with van der Waals surface area (Å²) in [6.45, 7) is 7.05. The van der Waals surface area contributed by atoms with Gasteiger partial charge in [-0.1, -0.05) is 17.2 Å². The number of carbonyl (C=O) groups is 4. The van der Waals surface area contributed by atoms with Crippen molar-refractivity contribution in [3.8, 4) is 0 Å². The Morgan fingerprint density at radius 1 is 0.964 bits per heavy atom. The summed E-state index contributed by atoms with van der Waals surface area (Å²) in [5.74, 6) is -2.01. The molecule has 2 aliphatic heterocycles. The number of fused-ring (bicyclic) bond motifs is 1. The van der Waals surface area contributed by atoms with E-state index >= 15 is 0 Å². The van der Waals surface area contributed by atoms with Crippen molar-refractivity contribution in [1.82, 2.24) is 14.9 Å². The molecule has 0 bridgehead atoms. The smallest absolute Gasteiger partial charge is 0.410 e. The molecule has 2 heterocycles. The third-order valence-electron chi connectivity index (χ3n) is 4.33. The van der Waals surface area contributed by atoms with E-state index in [1.165, 1.54) is 12.1 Å². The van der Waals surface area contributed by atoms with Crippen LogP contribution in [0.3, 0.4) is 0 Å². The summed E-state index contributed by atoms with van der Waals surface area (Å²) in [6.07, 6.45) is -0.388. The molecule has 0 N–H and O–H groups in total. The van der Waals surface area contributed by atoms with Crippen LogP contribution >= 0.6 is 0 Å². The Labute approximate surface area is 162 Å². The Hall–Kier alpha value is -2.94. The molecule has 0 atom stereocenters. The molecule has 0 saturated carbocycles. The predicted octanol–water partition coefficient (Wildman–Crippen LogP) is 1.29. The quantitative estimate of drug-likeness (QED) is 0.719. The van der Waals surface area contributed by atoms with Crippen LogP contribution in [0.1, 0.15) is 41.5 Å². The topological polar surface area (TPSA) is 96.5 Å². The fraction of sp³-hybridized carbons (Fsp3) is 0.474. The fourth-order valence-electron chi connectivity index (χ4n) is 2.98. The average molecular weight is 389 g/mol. The molecule has 1 fully saturated rings. The maximum atomic E-state index is 12.2. The van der Waals surface area contributed by atoms with Crippen LogP contribution in [0.25, 0.3) is 0 Å². The molecular formula is C19H23N3O6. The number of amides is 3. The Morgan fingerprint density at radius 3 is 2.00 bits per heavy atom. The molecule has 0 aliphatic carbocycles. The summed E-state index contributed by atoms with van der Waals surface area (Å²) in [6, 6.07) is 6.30. The van der Waals surface area contributed by atoms with E-state index in [9.17, 15) is 19.2 Å². The highest BCUT2D eigenvalue weighted by molar-refractivity contribution is 6.20. The number of hydrogen-bond donors (Lipinski definition) is 0. The van der Waals surface area contributed by atoms with E-state index in [0.29, 0.717) is 31.2 Å². The zero-order chi connectivity index (χ0) is 20.5. The highest BCUT2D eigenvalue weighted by atomic mass is 16.7. The second-order valence-corrected chi connectivity index (χ2v) is 7.66. The molecule has 0 radical (unpaired) electrons. The lowest BCUT2D eigenvalue weighted by Crippen LogP contribution is -2.51. The first-order valence-corrected chi connectivity index (χ1v) is 9.04. The summed E-state index contributed by atoms with van der Waals surface area (Å²) >= 11 is 0. The van der Waals surface area contributed by atoms with Crippen LogP contribution < -0.4 is 0 Å². The van der Waals surface area contributed by atoms with E-state index in [0.717, 1.165) is 0 Å². The van der Waals surface area contributed by atoms with E-state index in [1.807, 2.05) is 0 Å². The Morgan fingerprint density at radius 2 is 1.50 bits per heavy atom. The SMILES string of the molecule is CC(C)(C)OC(=O)N1CCN(CC(=O)ON2C(=O)c3ccccc3C2=O)CC1. The van der Waals surface area contributed by atoms with Gasteiger partial charge in [0.05, 0.1) is 17.7 Å². The van der Waals surface area contributed by atoms with Crippen LogP contribution in [0.4, 0.5) is 4.79 Å². The number of piperazine rings is 1. The van der Waals surface area contributed by atoms with Crippen LogP contribution in [-0.2, 0) is 14.4 Å². The van der Waals surface area contributed by atoms with Gasteiger partial charge in [-0.3, -0.25) is 14.5 Å². The highest BCUT2D eigenvalue weighted by Crippen LogP contribution is 2.22. The minimum Gasteiger partial charge on any atom is -0.444 e. The van der Waals surface area contributed by atoms with E-state index < -0.39 is 23.4 Å². The van der Waals surface area contributed by atoms with Gasteiger partial charge in [0.15, 0.2) is 0 Å². The largest absolute Gasteiger partial charge is 0.444 e. The zero-order valence-corrected chi connectivity index (χ0v) is 16.1. The van der Waals surface area contributed by atoms with Gasteiger partial charge in [-0.25, -0.2) is 9.59 Å². The minimum absolute atomic E-state index is 0.0877. The number of carbonyl (C=O) groups excluding carboxylic acids is 4. The lowest BCUT2D eigenvalue weighted by molar-refractivity contribution is -0.170. The lowest BCUT2D eigenvalue weighted by atomic mass is 10.1. The maximum absolute atomic E-state index is 12.2. The fourth-order valence-corrected chi connectivity index (χ4v) is 2.98. The van der Waals surface area contributed by atoms with E-state index in [-0.39, 0.29) is 23.8 Å². The molecule has 0 aromatic heterocycles. The van der Waals surface area contributed by atoms with Gasteiger partial charge in [0.25, 0.3) is 11.8 Å². The molecular weight excluding hydrogens is 366 g/mol. The van der Waals surface area contributed by atoms with Crippen LogP contribution in [0.15, 0.2) is 24.3 Å². The van der Waals surface area contributed by atoms with E-state index in [1.54, 1.807) is 42.7 Å². The molecule has 9 heteroatoms.